The van der Waals surface area contributed by atoms with E-state index in [-0.39, 0.29) is 31.1 Å². The number of ether oxygens (including phenoxy) is 2. The van der Waals surface area contributed by atoms with Gasteiger partial charge in [0.15, 0.2) is 6.61 Å². The molecule has 3 aliphatic carbocycles. The predicted octanol–water partition coefficient (Wildman–Crippen LogP) is 3.62. The first-order valence-electron chi connectivity index (χ1n) is 11.8. The minimum atomic E-state index is -1.83. The zero-order valence-electron chi connectivity index (χ0n) is 20.5. The van der Waals surface area contributed by atoms with E-state index < -0.39 is 29.2 Å². The number of amides is 2. The van der Waals surface area contributed by atoms with Gasteiger partial charge in [0.2, 0.25) is 11.8 Å². The number of alkyl halides is 1. The van der Waals surface area contributed by atoms with Crippen LogP contribution in [0.2, 0.25) is 0 Å². The molecule has 0 radical (unpaired) electrons. The van der Waals surface area contributed by atoms with E-state index in [0.29, 0.717) is 35.4 Å². The van der Waals surface area contributed by atoms with Crippen LogP contribution in [0.4, 0.5) is 8.78 Å². The molecule has 0 aliphatic heterocycles. The molecule has 0 heterocycles. The molecular weight excluding hydrogens is 470 g/mol. The topological polar surface area (TPSA) is 96.9 Å². The molecule has 36 heavy (non-hydrogen) atoms. The minimum Gasteiger partial charge on any atom is -0.484 e. The molecule has 2 aromatic rings. The fourth-order valence-corrected chi connectivity index (χ4v) is 4.53. The molecule has 1 fully saturated rings. The van der Waals surface area contributed by atoms with Crippen molar-refractivity contribution >= 4 is 11.8 Å². The minimum absolute atomic E-state index is 0.0535. The standard InChI is InChI=1S/C27H30F2N2O5/c1-16-7-8-19(11-21(16)28)35-15-25(34)30-22-12-23(32)27(13-18(22)14-27)31-24(33)10-17-5-4-6-20(9-17)36-26(2,3)29/h4-9,11,23,32H,10,12-15H2,1-3H3,(H,30,34)(H,31,33). The Bertz CT molecular complexity index is 1200. The molecule has 3 N–H and O–H groups in total. The van der Waals surface area contributed by atoms with Gasteiger partial charge in [0.05, 0.1) is 18.1 Å². The molecular formula is C27H30F2N2O5. The van der Waals surface area contributed by atoms with Crippen molar-refractivity contribution in [2.24, 2.45) is 0 Å². The van der Waals surface area contributed by atoms with E-state index in [0.717, 1.165) is 5.57 Å². The van der Waals surface area contributed by atoms with Crippen LogP contribution in [0, 0.1) is 12.7 Å². The number of carbonyl (C=O) groups is 2. The number of benzene rings is 2. The van der Waals surface area contributed by atoms with Crippen LogP contribution in [-0.4, -0.2) is 41.0 Å². The van der Waals surface area contributed by atoms with Gasteiger partial charge in [-0.05, 0) is 54.7 Å². The molecule has 0 saturated heterocycles. The molecule has 2 bridgehead atoms. The third-order valence-corrected chi connectivity index (χ3v) is 6.34. The van der Waals surface area contributed by atoms with Crippen LogP contribution in [-0.2, 0) is 16.0 Å². The van der Waals surface area contributed by atoms with Crippen LogP contribution < -0.4 is 20.1 Å². The van der Waals surface area contributed by atoms with Crippen molar-refractivity contribution in [3.63, 3.8) is 0 Å². The maximum atomic E-state index is 13.8. The molecule has 1 atom stereocenters. The Kier molecular flexibility index (Phi) is 7.04. The van der Waals surface area contributed by atoms with Gasteiger partial charge in [-0.25, -0.2) is 4.39 Å². The van der Waals surface area contributed by atoms with Crippen molar-refractivity contribution < 1.29 is 33.0 Å². The van der Waals surface area contributed by atoms with Gasteiger partial charge in [0.1, 0.15) is 17.3 Å². The molecule has 0 aromatic heterocycles. The van der Waals surface area contributed by atoms with E-state index in [1.807, 2.05) is 0 Å². The smallest absolute Gasteiger partial charge is 0.262 e. The summed E-state index contributed by atoms with van der Waals surface area (Å²) in [4.78, 5) is 25.0. The van der Waals surface area contributed by atoms with Crippen LogP contribution in [0.5, 0.6) is 11.5 Å². The molecule has 2 aromatic carbocycles. The van der Waals surface area contributed by atoms with Gasteiger partial charge in [-0.3, -0.25) is 9.59 Å². The zero-order valence-corrected chi connectivity index (χ0v) is 20.5. The van der Waals surface area contributed by atoms with Crippen molar-refractivity contribution in [3.05, 3.63) is 70.7 Å². The lowest BCUT2D eigenvalue weighted by molar-refractivity contribution is -0.126. The Labute approximate surface area is 208 Å². The van der Waals surface area contributed by atoms with Crippen molar-refractivity contribution in [1.82, 2.24) is 10.6 Å². The quantitative estimate of drug-likeness (QED) is 0.489. The van der Waals surface area contributed by atoms with E-state index in [1.165, 1.54) is 19.9 Å². The van der Waals surface area contributed by atoms with Gasteiger partial charge >= 0.3 is 0 Å². The Morgan fingerprint density at radius 2 is 1.89 bits per heavy atom. The summed E-state index contributed by atoms with van der Waals surface area (Å²) >= 11 is 0. The normalized spacial score (nSPS) is 20.9. The van der Waals surface area contributed by atoms with Gasteiger partial charge < -0.3 is 25.2 Å². The first-order chi connectivity index (χ1) is 16.9. The monoisotopic (exact) mass is 500 g/mol. The molecule has 192 valence electrons. The van der Waals surface area contributed by atoms with E-state index in [2.05, 4.69) is 10.6 Å². The van der Waals surface area contributed by atoms with Crippen LogP contribution in [0.1, 0.15) is 44.2 Å². The molecule has 0 spiro atoms. The predicted molar refractivity (Wildman–Crippen MR) is 128 cm³/mol. The Morgan fingerprint density at radius 3 is 2.56 bits per heavy atom. The van der Waals surface area contributed by atoms with Crippen molar-refractivity contribution in [2.75, 3.05) is 6.61 Å². The Hall–Kier alpha value is -3.46. The summed E-state index contributed by atoms with van der Waals surface area (Å²) in [5, 5.41) is 16.5. The van der Waals surface area contributed by atoms with Gasteiger partial charge in [0.25, 0.3) is 5.91 Å². The fourth-order valence-electron chi connectivity index (χ4n) is 4.53. The number of rotatable bonds is 9. The molecule has 2 amide bonds. The lowest BCUT2D eigenvalue weighted by Crippen LogP contribution is -2.65. The number of carbonyl (C=O) groups excluding carboxylic acids is 2. The second kappa shape index (κ2) is 9.89. The zero-order chi connectivity index (χ0) is 26.1. The summed E-state index contributed by atoms with van der Waals surface area (Å²) in [5.74, 6) is -2.34. The number of hydrogen-bond acceptors (Lipinski definition) is 5. The number of nitrogens with one attached hydrogen (secondary N) is 2. The SMILES string of the molecule is Cc1ccc(OCC(=O)NC2=C3CC(NC(=O)Cc4cccc(OC(C)(C)F)c4)(C3)C(O)C2)cc1F. The average Bonchev–Trinajstić information content (AvgIpc) is 2.74. The molecule has 1 unspecified atom stereocenters. The fraction of sp³-hybridized carbons (Fsp3) is 0.407. The molecule has 5 rings (SSSR count). The van der Waals surface area contributed by atoms with Crippen LogP contribution in [0.3, 0.4) is 0 Å². The lowest BCUT2D eigenvalue weighted by Gasteiger charge is -2.52. The summed E-state index contributed by atoms with van der Waals surface area (Å²) in [6.45, 7) is 3.94. The van der Waals surface area contributed by atoms with Crippen LogP contribution in [0.15, 0.2) is 53.7 Å². The van der Waals surface area contributed by atoms with Gasteiger partial charge in [0, 0.05) is 32.0 Å². The van der Waals surface area contributed by atoms with Gasteiger partial charge in [-0.2, -0.15) is 4.39 Å². The Morgan fingerprint density at radius 1 is 1.14 bits per heavy atom. The third-order valence-electron chi connectivity index (χ3n) is 6.34. The van der Waals surface area contributed by atoms with E-state index >= 15 is 0 Å². The lowest BCUT2D eigenvalue weighted by atomic mass is 9.62. The summed E-state index contributed by atoms with van der Waals surface area (Å²) in [7, 11) is 0. The molecule has 7 nitrogen and oxygen atoms in total. The van der Waals surface area contributed by atoms with Crippen LogP contribution >= 0.6 is 0 Å². The van der Waals surface area contributed by atoms with E-state index in [1.54, 1.807) is 43.3 Å². The first kappa shape index (κ1) is 25.6. The highest BCUT2D eigenvalue weighted by Gasteiger charge is 2.52. The highest BCUT2D eigenvalue weighted by atomic mass is 19.2. The number of hydrogen-bond donors (Lipinski definition) is 3. The summed E-state index contributed by atoms with van der Waals surface area (Å²) in [6, 6.07) is 11.1. The average molecular weight is 501 g/mol. The van der Waals surface area contributed by atoms with Crippen molar-refractivity contribution in [1.29, 1.82) is 0 Å². The molecule has 3 aliphatic rings. The molecule has 1 saturated carbocycles. The Balaban J connectivity index is 1.30. The van der Waals surface area contributed by atoms with Crippen molar-refractivity contribution in [2.45, 2.75) is 64.0 Å². The second-order valence-corrected chi connectivity index (χ2v) is 9.90. The number of halogens is 2. The number of fused-ring (bicyclic) bond motifs is 2. The maximum absolute atomic E-state index is 13.8. The third kappa shape index (κ3) is 6.02. The van der Waals surface area contributed by atoms with Crippen LogP contribution in [0.25, 0.3) is 0 Å². The summed E-state index contributed by atoms with van der Waals surface area (Å²) < 4.78 is 38.0. The van der Waals surface area contributed by atoms with Gasteiger partial charge in [-0.15, -0.1) is 0 Å². The number of aliphatic hydroxyl groups is 1. The number of aryl methyl sites for hydroxylation is 1. The van der Waals surface area contributed by atoms with E-state index in [4.69, 9.17) is 9.47 Å². The first-order valence-corrected chi connectivity index (χ1v) is 11.8. The number of aliphatic hydroxyl groups excluding tert-OH is 1. The van der Waals surface area contributed by atoms with Gasteiger partial charge in [-0.1, -0.05) is 18.2 Å². The maximum Gasteiger partial charge on any atom is 0.262 e. The van der Waals surface area contributed by atoms with Crippen molar-refractivity contribution in [3.8, 4) is 11.5 Å². The second-order valence-electron chi connectivity index (χ2n) is 9.90. The highest BCUT2D eigenvalue weighted by molar-refractivity contribution is 5.81. The largest absolute Gasteiger partial charge is 0.484 e. The molecule has 9 heteroatoms. The summed E-state index contributed by atoms with van der Waals surface area (Å²) in [6.07, 6.45) is 0.230. The van der Waals surface area contributed by atoms with E-state index in [9.17, 15) is 23.5 Å². The summed E-state index contributed by atoms with van der Waals surface area (Å²) in [5.41, 5.74) is 1.95. The highest BCUT2D eigenvalue weighted by Crippen LogP contribution is 2.47.